The molecule has 0 aliphatic rings. The molecule has 2 N–H and O–H groups in total. The number of anilines is 1. The minimum atomic E-state index is -2.90. The number of nitrogens with zero attached hydrogens (tertiary/aromatic N) is 1. The van der Waals surface area contributed by atoms with Gasteiger partial charge in [-0.2, -0.15) is 13.9 Å². The first kappa shape index (κ1) is 14.3. The summed E-state index contributed by atoms with van der Waals surface area (Å²) in [5, 5.41) is 8.56. The summed E-state index contributed by atoms with van der Waals surface area (Å²) in [5.74, 6) is 0.0592. The van der Waals surface area contributed by atoms with Crippen molar-refractivity contribution in [2.24, 2.45) is 0 Å². The molecule has 0 fully saturated rings. The normalized spacial score (nSPS) is 10.6. The van der Waals surface area contributed by atoms with Gasteiger partial charge in [-0.1, -0.05) is 29.8 Å². The molecule has 1 aromatic heterocycles. The fourth-order valence-electron chi connectivity index (χ4n) is 1.56. The summed E-state index contributed by atoms with van der Waals surface area (Å²) < 4.78 is 28.9. The topological polar surface area (TPSA) is 67.0 Å². The van der Waals surface area contributed by atoms with Crippen LogP contribution < -0.4 is 15.6 Å². The fourth-order valence-corrected chi connectivity index (χ4v) is 1.72. The highest BCUT2D eigenvalue weighted by molar-refractivity contribution is 6.32. The van der Waals surface area contributed by atoms with Crippen LogP contribution in [0.2, 0.25) is 5.02 Å². The molecule has 0 bridgehead atoms. The molecule has 20 heavy (non-hydrogen) atoms. The molecule has 0 aliphatic carbocycles. The van der Waals surface area contributed by atoms with Crippen LogP contribution in [0.4, 0.5) is 14.5 Å². The fraction of sp³-hybridized carbons (Fsp3) is 0.167. The average molecular weight is 302 g/mol. The lowest BCUT2D eigenvalue weighted by molar-refractivity contribution is -0.0504. The summed E-state index contributed by atoms with van der Waals surface area (Å²) >= 11 is 5.79. The first-order chi connectivity index (χ1) is 9.58. The number of halogens is 3. The second-order valence-electron chi connectivity index (χ2n) is 3.77. The van der Waals surface area contributed by atoms with Crippen LogP contribution in [0.15, 0.2) is 35.3 Å². The quantitative estimate of drug-likeness (QED) is 0.891. The molecule has 106 valence electrons. The average Bonchev–Trinajstić information content (AvgIpc) is 2.41. The van der Waals surface area contributed by atoms with Crippen molar-refractivity contribution in [1.82, 2.24) is 10.2 Å². The summed E-state index contributed by atoms with van der Waals surface area (Å²) in [6.07, 6.45) is 1.33. The summed E-state index contributed by atoms with van der Waals surface area (Å²) in [4.78, 5) is 11.2. The molecule has 2 rings (SSSR count). The summed E-state index contributed by atoms with van der Waals surface area (Å²) in [5.41, 5.74) is 0.278. The number of aromatic amines is 1. The Balaban J connectivity index is 2.15. The lowest BCUT2D eigenvalue weighted by Gasteiger charge is -2.12. The maximum atomic E-state index is 12.3. The monoisotopic (exact) mass is 301 g/mol. The van der Waals surface area contributed by atoms with Gasteiger partial charge in [0.15, 0.2) is 0 Å². The number of H-pyrrole nitrogens is 1. The Hall–Kier alpha value is -2.15. The van der Waals surface area contributed by atoms with Gasteiger partial charge in [-0.05, 0) is 6.07 Å². The van der Waals surface area contributed by atoms with Crippen molar-refractivity contribution in [3.05, 3.63) is 51.4 Å². The van der Waals surface area contributed by atoms with Gasteiger partial charge < -0.3 is 10.1 Å². The minimum absolute atomic E-state index is 0.0488. The second kappa shape index (κ2) is 6.33. The predicted molar refractivity (Wildman–Crippen MR) is 70.3 cm³/mol. The molecule has 0 saturated carbocycles. The van der Waals surface area contributed by atoms with Crippen molar-refractivity contribution in [3.8, 4) is 5.75 Å². The van der Waals surface area contributed by atoms with E-state index in [2.05, 4.69) is 20.3 Å². The van der Waals surface area contributed by atoms with E-state index in [1.54, 1.807) is 18.2 Å². The van der Waals surface area contributed by atoms with Crippen LogP contribution in [0, 0.1) is 0 Å². The van der Waals surface area contributed by atoms with Gasteiger partial charge in [0.05, 0.1) is 11.9 Å². The van der Waals surface area contributed by atoms with Gasteiger partial charge in [0.25, 0.3) is 5.56 Å². The molecule has 0 amide bonds. The number of nitrogens with one attached hydrogen (secondary N) is 2. The van der Waals surface area contributed by atoms with Gasteiger partial charge >= 0.3 is 6.61 Å². The first-order valence-electron chi connectivity index (χ1n) is 5.57. The van der Waals surface area contributed by atoms with Crippen LogP contribution in [0.25, 0.3) is 0 Å². The van der Waals surface area contributed by atoms with E-state index < -0.39 is 12.2 Å². The number of alkyl halides is 2. The summed E-state index contributed by atoms with van der Waals surface area (Å²) in [7, 11) is 0. The van der Waals surface area contributed by atoms with Gasteiger partial charge in [-0.25, -0.2) is 5.10 Å². The van der Waals surface area contributed by atoms with E-state index in [1.165, 1.54) is 12.3 Å². The van der Waals surface area contributed by atoms with E-state index in [0.29, 0.717) is 11.3 Å². The SMILES string of the molecule is O=c1[nH]ncc(NCc2ccccc2OC(F)F)c1Cl. The van der Waals surface area contributed by atoms with E-state index in [4.69, 9.17) is 11.6 Å². The van der Waals surface area contributed by atoms with Crippen LogP contribution in [0.3, 0.4) is 0 Å². The third-order valence-electron chi connectivity index (χ3n) is 2.45. The number of hydrogen-bond donors (Lipinski definition) is 2. The largest absolute Gasteiger partial charge is 0.434 e. The Bertz CT molecular complexity index is 649. The van der Waals surface area contributed by atoms with Crippen LogP contribution in [-0.4, -0.2) is 16.8 Å². The standard InChI is InChI=1S/C12H10ClF2N3O2/c13-10-8(6-17-18-11(10)19)16-5-7-3-1-2-4-9(7)20-12(14)15/h1-4,6,12H,5H2,(H2,16,18,19). The zero-order valence-electron chi connectivity index (χ0n) is 10.1. The number of aromatic nitrogens is 2. The van der Waals surface area contributed by atoms with E-state index in [-0.39, 0.29) is 17.3 Å². The van der Waals surface area contributed by atoms with E-state index >= 15 is 0 Å². The molecule has 0 saturated heterocycles. The Labute approximate surface area is 117 Å². The molecule has 0 spiro atoms. The molecule has 8 heteroatoms. The number of benzene rings is 1. The zero-order chi connectivity index (χ0) is 14.5. The van der Waals surface area contributed by atoms with E-state index in [1.807, 2.05) is 0 Å². The molecule has 1 heterocycles. The zero-order valence-corrected chi connectivity index (χ0v) is 10.8. The molecule has 0 atom stereocenters. The maximum absolute atomic E-state index is 12.3. The van der Waals surface area contributed by atoms with Gasteiger partial charge in [0.2, 0.25) is 0 Å². The Morgan fingerprint density at radius 1 is 1.40 bits per heavy atom. The Kier molecular flexibility index (Phi) is 4.52. The van der Waals surface area contributed by atoms with Gasteiger partial charge in [-0.15, -0.1) is 0 Å². The van der Waals surface area contributed by atoms with Crippen molar-refractivity contribution >= 4 is 17.3 Å². The highest BCUT2D eigenvalue weighted by Crippen LogP contribution is 2.22. The van der Waals surface area contributed by atoms with E-state index in [0.717, 1.165) is 0 Å². The molecule has 0 radical (unpaired) electrons. The van der Waals surface area contributed by atoms with Crippen molar-refractivity contribution in [1.29, 1.82) is 0 Å². The van der Waals surface area contributed by atoms with Crippen molar-refractivity contribution in [2.45, 2.75) is 13.2 Å². The molecule has 0 unspecified atom stereocenters. The lowest BCUT2D eigenvalue weighted by Crippen LogP contribution is -2.12. The Morgan fingerprint density at radius 2 is 2.15 bits per heavy atom. The number of rotatable bonds is 5. The van der Waals surface area contributed by atoms with Crippen LogP contribution in [-0.2, 0) is 6.54 Å². The third kappa shape index (κ3) is 3.45. The van der Waals surface area contributed by atoms with Gasteiger partial charge in [0.1, 0.15) is 10.8 Å². The van der Waals surface area contributed by atoms with Crippen LogP contribution in [0.1, 0.15) is 5.56 Å². The first-order valence-corrected chi connectivity index (χ1v) is 5.95. The summed E-state index contributed by atoms with van der Waals surface area (Å²) in [6.45, 7) is -2.74. The highest BCUT2D eigenvalue weighted by atomic mass is 35.5. The van der Waals surface area contributed by atoms with Gasteiger partial charge in [0, 0.05) is 12.1 Å². The van der Waals surface area contributed by atoms with Crippen molar-refractivity contribution in [3.63, 3.8) is 0 Å². The number of para-hydroxylation sites is 1. The van der Waals surface area contributed by atoms with Crippen molar-refractivity contribution < 1.29 is 13.5 Å². The number of ether oxygens (including phenoxy) is 1. The van der Waals surface area contributed by atoms with Gasteiger partial charge in [-0.3, -0.25) is 4.79 Å². The number of hydrogen-bond acceptors (Lipinski definition) is 4. The predicted octanol–water partition coefficient (Wildman–Crippen LogP) is 2.64. The molecular formula is C12H10ClF2N3O2. The molecule has 1 aromatic carbocycles. The minimum Gasteiger partial charge on any atom is -0.434 e. The molecule has 0 aliphatic heterocycles. The van der Waals surface area contributed by atoms with Crippen LogP contribution in [0.5, 0.6) is 5.75 Å². The molecule has 5 nitrogen and oxygen atoms in total. The van der Waals surface area contributed by atoms with E-state index in [9.17, 15) is 13.6 Å². The lowest BCUT2D eigenvalue weighted by atomic mass is 10.2. The molecule has 2 aromatic rings. The summed E-state index contributed by atoms with van der Waals surface area (Å²) in [6, 6.07) is 6.33. The highest BCUT2D eigenvalue weighted by Gasteiger charge is 2.10. The van der Waals surface area contributed by atoms with Crippen molar-refractivity contribution in [2.75, 3.05) is 5.32 Å². The maximum Gasteiger partial charge on any atom is 0.387 e. The second-order valence-corrected chi connectivity index (χ2v) is 4.14. The van der Waals surface area contributed by atoms with Crippen LogP contribution >= 0.6 is 11.6 Å². The smallest absolute Gasteiger partial charge is 0.387 e. The molecular weight excluding hydrogens is 292 g/mol. The Morgan fingerprint density at radius 3 is 2.90 bits per heavy atom. The third-order valence-corrected chi connectivity index (χ3v) is 2.83.